The molecule has 0 unspecified atom stereocenters. The predicted molar refractivity (Wildman–Crippen MR) is 73.5 cm³/mol. The van der Waals surface area contributed by atoms with Gasteiger partial charge in [-0.15, -0.1) is 0 Å². The molecule has 0 spiro atoms. The third-order valence-electron chi connectivity index (χ3n) is 3.49. The molecule has 0 atom stereocenters. The molecule has 0 aliphatic rings. The van der Waals surface area contributed by atoms with Gasteiger partial charge in [0.1, 0.15) is 23.0 Å². The Labute approximate surface area is 108 Å². The summed E-state index contributed by atoms with van der Waals surface area (Å²) in [6.07, 6.45) is 2.00. The van der Waals surface area contributed by atoms with Gasteiger partial charge in [0, 0.05) is 18.2 Å². The summed E-state index contributed by atoms with van der Waals surface area (Å²) >= 11 is 0. The number of aryl methyl sites for hydroxylation is 3. The molecule has 0 radical (unpaired) electrons. The van der Waals surface area contributed by atoms with Crippen LogP contribution in [-0.2, 0) is 13.5 Å². The molecule has 0 fully saturated rings. The van der Waals surface area contributed by atoms with Crippen LogP contribution in [0.4, 0.5) is 5.82 Å². The topological polar surface area (TPSA) is 57.0 Å². The smallest absolute Gasteiger partial charge is 0.125 e. The fourth-order valence-electron chi connectivity index (χ4n) is 2.42. The maximum absolute atomic E-state index is 6.10. The van der Waals surface area contributed by atoms with Crippen molar-refractivity contribution in [3.63, 3.8) is 0 Å². The molecule has 2 heterocycles. The number of furan rings is 1. The van der Waals surface area contributed by atoms with Crippen LogP contribution in [0.5, 0.6) is 0 Å². The van der Waals surface area contributed by atoms with Crippen LogP contribution in [0.25, 0.3) is 11.3 Å². The Hall–Kier alpha value is -1.71. The van der Waals surface area contributed by atoms with Crippen molar-refractivity contribution < 1.29 is 4.42 Å². The summed E-state index contributed by atoms with van der Waals surface area (Å²) in [6, 6.07) is 0. The fourth-order valence-corrected chi connectivity index (χ4v) is 2.42. The summed E-state index contributed by atoms with van der Waals surface area (Å²) in [4.78, 5) is 0. The van der Waals surface area contributed by atoms with Crippen molar-refractivity contribution in [2.75, 3.05) is 5.73 Å². The molecule has 0 aliphatic heterocycles. The van der Waals surface area contributed by atoms with Gasteiger partial charge in [-0.25, -0.2) is 0 Å². The van der Waals surface area contributed by atoms with Crippen LogP contribution in [-0.4, -0.2) is 9.78 Å². The number of nitrogens with two attached hydrogens (primary N) is 1. The number of hydrogen-bond acceptors (Lipinski definition) is 3. The highest BCUT2D eigenvalue weighted by Gasteiger charge is 2.21. The van der Waals surface area contributed by atoms with E-state index in [1.165, 1.54) is 0 Å². The summed E-state index contributed by atoms with van der Waals surface area (Å²) in [5.74, 6) is 2.62. The van der Waals surface area contributed by atoms with Gasteiger partial charge in [0.25, 0.3) is 0 Å². The van der Waals surface area contributed by atoms with Gasteiger partial charge in [-0.1, -0.05) is 13.3 Å². The first kappa shape index (κ1) is 12.7. The molecule has 0 saturated heterocycles. The number of nitrogens with zero attached hydrogens (tertiary/aromatic N) is 2. The Morgan fingerprint density at radius 2 is 1.89 bits per heavy atom. The van der Waals surface area contributed by atoms with Crippen molar-refractivity contribution in [2.24, 2.45) is 7.05 Å². The van der Waals surface area contributed by atoms with Gasteiger partial charge in [-0.05, 0) is 32.8 Å². The first-order chi connectivity index (χ1) is 8.47. The molecule has 2 rings (SSSR count). The molecule has 2 aromatic rings. The number of aromatic nitrogens is 2. The van der Waals surface area contributed by atoms with Gasteiger partial charge in [-0.3, -0.25) is 4.68 Å². The molecule has 2 aromatic heterocycles. The molecule has 0 saturated carbocycles. The Bertz CT molecular complexity index is 578. The molecule has 0 amide bonds. The Morgan fingerprint density at radius 1 is 1.22 bits per heavy atom. The standard InChI is InChI=1S/C14H21N3O/c1-6-7-11-13(16-17(5)14(11)15)12-8(2)9(3)18-10(12)4/h6-7,15H2,1-5H3. The molecule has 4 nitrogen and oxygen atoms in total. The van der Waals surface area contributed by atoms with Crippen molar-refractivity contribution in [1.82, 2.24) is 9.78 Å². The lowest BCUT2D eigenvalue weighted by molar-refractivity contribution is 0.503. The van der Waals surface area contributed by atoms with E-state index in [9.17, 15) is 0 Å². The van der Waals surface area contributed by atoms with E-state index in [4.69, 9.17) is 10.2 Å². The number of hydrogen-bond donors (Lipinski definition) is 1. The van der Waals surface area contributed by atoms with E-state index in [-0.39, 0.29) is 0 Å². The third kappa shape index (κ3) is 1.82. The van der Waals surface area contributed by atoms with E-state index < -0.39 is 0 Å². The van der Waals surface area contributed by atoms with Crippen molar-refractivity contribution in [3.05, 3.63) is 22.6 Å². The normalized spacial score (nSPS) is 11.2. The number of rotatable bonds is 3. The maximum atomic E-state index is 6.10. The molecule has 18 heavy (non-hydrogen) atoms. The minimum absolute atomic E-state index is 0.754. The van der Waals surface area contributed by atoms with Crippen LogP contribution in [0.15, 0.2) is 4.42 Å². The molecule has 4 heteroatoms. The van der Waals surface area contributed by atoms with Crippen molar-refractivity contribution >= 4 is 5.82 Å². The molecule has 98 valence electrons. The summed E-state index contributed by atoms with van der Waals surface area (Å²) in [6.45, 7) is 8.19. The van der Waals surface area contributed by atoms with Crippen molar-refractivity contribution in [3.8, 4) is 11.3 Å². The Kier molecular flexibility index (Phi) is 3.20. The highest BCUT2D eigenvalue weighted by molar-refractivity contribution is 5.73. The number of nitrogen functional groups attached to an aromatic ring is 1. The second kappa shape index (κ2) is 4.52. The lowest BCUT2D eigenvalue weighted by Crippen LogP contribution is -1.99. The summed E-state index contributed by atoms with van der Waals surface area (Å²) in [7, 11) is 1.88. The summed E-state index contributed by atoms with van der Waals surface area (Å²) in [5.41, 5.74) is 10.5. The van der Waals surface area contributed by atoms with E-state index in [0.717, 1.165) is 52.6 Å². The largest absolute Gasteiger partial charge is 0.466 e. The highest BCUT2D eigenvalue weighted by Crippen LogP contribution is 2.35. The highest BCUT2D eigenvalue weighted by atomic mass is 16.3. The van der Waals surface area contributed by atoms with Gasteiger partial charge in [0.2, 0.25) is 0 Å². The summed E-state index contributed by atoms with van der Waals surface area (Å²) in [5, 5.41) is 4.57. The van der Waals surface area contributed by atoms with E-state index in [2.05, 4.69) is 18.9 Å². The zero-order valence-electron chi connectivity index (χ0n) is 11.8. The quantitative estimate of drug-likeness (QED) is 0.906. The number of anilines is 1. The fraction of sp³-hybridized carbons (Fsp3) is 0.500. The molecule has 0 aromatic carbocycles. The molecule has 2 N–H and O–H groups in total. The molecular formula is C14H21N3O. The summed E-state index contributed by atoms with van der Waals surface area (Å²) < 4.78 is 7.44. The zero-order valence-corrected chi connectivity index (χ0v) is 11.8. The average molecular weight is 247 g/mol. The monoisotopic (exact) mass is 247 g/mol. The lowest BCUT2D eigenvalue weighted by atomic mass is 10.0. The van der Waals surface area contributed by atoms with Crippen molar-refractivity contribution in [2.45, 2.75) is 40.5 Å². The zero-order chi connectivity index (χ0) is 13.4. The first-order valence-electron chi connectivity index (χ1n) is 6.35. The second-order valence-electron chi connectivity index (χ2n) is 4.80. The van der Waals surface area contributed by atoms with E-state index in [1.807, 2.05) is 20.9 Å². The van der Waals surface area contributed by atoms with E-state index in [1.54, 1.807) is 4.68 Å². The van der Waals surface area contributed by atoms with Gasteiger partial charge in [0.05, 0.1) is 0 Å². The van der Waals surface area contributed by atoms with Gasteiger partial charge < -0.3 is 10.2 Å². The van der Waals surface area contributed by atoms with Crippen LogP contribution in [0, 0.1) is 20.8 Å². The van der Waals surface area contributed by atoms with Crippen LogP contribution in [0.3, 0.4) is 0 Å². The Balaban J connectivity index is 2.67. The van der Waals surface area contributed by atoms with Crippen molar-refractivity contribution in [1.29, 1.82) is 0 Å². The van der Waals surface area contributed by atoms with Gasteiger partial charge in [0.15, 0.2) is 0 Å². The van der Waals surface area contributed by atoms with Crippen LogP contribution >= 0.6 is 0 Å². The lowest BCUT2D eigenvalue weighted by Gasteiger charge is -2.02. The van der Waals surface area contributed by atoms with Gasteiger partial charge in [-0.2, -0.15) is 5.10 Å². The van der Waals surface area contributed by atoms with Crippen LogP contribution in [0.1, 0.15) is 36.0 Å². The second-order valence-corrected chi connectivity index (χ2v) is 4.80. The minimum atomic E-state index is 0.754. The third-order valence-corrected chi connectivity index (χ3v) is 3.49. The predicted octanol–water partition coefficient (Wildman–Crippen LogP) is 3.14. The average Bonchev–Trinajstić information content (AvgIpc) is 2.71. The minimum Gasteiger partial charge on any atom is -0.466 e. The molecular weight excluding hydrogens is 226 g/mol. The Morgan fingerprint density at radius 3 is 2.39 bits per heavy atom. The van der Waals surface area contributed by atoms with Crippen LogP contribution < -0.4 is 5.73 Å². The molecule has 0 aliphatic carbocycles. The SMILES string of the molecule is CCCc1c(-c2c(C)oc(C)c2C)nn(C)c1N. The van der Waals surface area contributed by atoms with Crippen LogP contribution in [0.2, 0.25) is 0 Å². The van der Waals surface area contributed by atoms with E-state index >= 15 is 0 Å². The molecule has 0 bridgehead atoms. The van der Waals surface area contributed by atoms with E-state index in [0.29, 0.717) is 0 Å². The maximum Gasteiger partial charge on any atom is 0.125 e. The van der Waals surface area contributed by atoms with Gasteiger partial charge >= 0.3 is 0 Å². The first-order valence-corrected chi connectivity index (χ1v) is 6.35.